The summed E-state index contributed by atoms with van der Waals surface area (Å²) in [5, 5.41) is 1.84. The summed E-state index contributed by atoms with van der Waals surface area (Å²) in [5.41, 5.74) is 0. The van der Waals surface area contributed by atoms with Gasteiger partial charge in [0, 0.05) is 18.1 Å². The Labute approximate surface area is 70.5 Å². The number of aromatic nitrogens is 1. The molecule has 0 saturated heterocycles. The number of rotatable bonds is 3. The van der Waals surface area contributed by atoms with E-state index in [1.807, 2.05) is 11.6 Å². The molecule has 2 nitrogen and oxygen atoms in total. The van der Waals surface area contributed by atoms with Crippen LogP contribution in [0.2, 0.25) is 0 Å². The van der Waals surface area contributed by atoms with Gasteiger partial charge in [-0.2, -0.15) is 0 Å². The lowest BCUT2D eigenvalue weighted by molar-refractivity contribution is 0.465. The Kier molecular flexibility index (Phi) is 2.88. The highest BCUT2D eigenvalue weighted by atomic mass is 32.1. The van der Waals surface area contributed by atoms with E-state index >= 15 is 0 Å². The van der Waals surface area contributed by atoms with E-state index in [0.717, 1.165) is 13.0 Å². The smallest absolute Gasteiger partial charge is 0.306 e. The summed E-state index contributed by atoms with van der Waals surface area (Å²) in [6, 6.07) is 0. The molecule has 3 heteroatoms. The van der Waals surface area contributed by atoms with Crippen molar-refractivity contribution in [2.45, 2.75) is 26.8 Å². The molecule has 0 fully saturated rings. The average molecular weight is 171 g/mol. The lowest BCUT2D eigenvalue weighted by Crippen LogP contribution is -2.16. The van der Waals surface area contributed by atoms with E-state index in [4.69, 9.17) is 0 Å². The van der Waals surface area contributed by atoms with Gasteiger partial charge in [0.25, 0.3) is 0 Å². The van der Waals surface area contributed by atoms with Gasteiger partial charge >= 0.3 is 4.87 Å². The molecule has 0 radical (unpaired) electrons. The Morgan fingerprint density at radius 2 is 2.45 bits per heavy atom. The van der Waals surface area contributed by atoms with E-state index in [-0.39, 0.29) is 4.87 Å². The summed E-state index contributed by atoms with van der Waals surface area (Å²) < 4.78 is 1.78. The van der Waals surface area contributed by atoms with Crippen molar-refractivity contribution < 1.29 is 0 Å². The van der Waals surface area contributed by atoms with Gasteiger partial charge in [-0.1, -0.05) is 31.6 Å². The van der Waals surface area contributed by atoms with Crippen LogP contribution in [-0.4, -0.2) is 4.57 Å². The Hall–Kier alpha value is -0.570. The monoisotopic (exact) mass is 171 g/mol. The predicted octanol–water partition coefficient (Wildman–Crippen LogP) is 1.96. The molecule has 0 aromatic carbocycles. The fraction of sp³-hybridized carbons (Fsp3) is 0.625. The molecule has 0 aliphatic heterocycles. The quantitative estimate of drug-likeness (QED) is 0.681. The van der Waals surface area contributed by atoms with E-state index in [2.05, 4.69) is 13.8 Å². The second-order valence-electron chi connectivity index (χ2n) is 2.83. The number of hydrogen-bond acceptors (Lipinski definition) is 2. The first-order chi connectivity index (χ1) is 5.24. The summed E-state index contributed by atoms with van der Waals surface area (Å²) in [6.07, 6.45) is 2.99. The normalized spacial score (nSPS) is 13.3. The molecule has 1 aromatic heterocycles. The molecule has 1 unspecified atom stereocenters. The van der Waals surface area contributed by atoms with Crippen molar-refractivity contribution in [2.24, 2.45) is 5.92 Å². The molecule has 0 N–H and O–H groups in total. The maximum absolute atomic E-state index is 11.1. The summed E-state index contributed by atoms with van der Waals surface area (Å²) in [6.45, 7) is 5.16. The molecule has 1 aromatic rings. The van der Waals surface area contributed by atoms with Gasteiger partial charge in [-0.05, 0) is 5.92 Å². The largest absolute Gasteiger partial charge is 0.307 e. The Bertz CT molecular complexity index is 263. The summed E-state index contributed by atoms with van der Waals surface area (Å²) >= 11 is 1.26. The molecule has 0 aliphatic rings. The van der Waals surface area contributed by atoms with Crippen LogP contribution in [-0.2, 0) is 6.54 Å². The van der Waals surface area contributed by atoms with Gasteiger partial charge in [-0.15, -0.1) is 0 Å². The van der Waals surface area contributed by atoms with Crippen LogP contribution in [0.15, 0.2) is 16.4 Å². The molecule has 11 heavy (non-hydrogen) atoms. The standard InChI is InChI=1S/C8H13NOS/c1-3-7(2)6-9-4-5-11-8(9)10/h4-5,7H,3,6H2,1-2H3. The first kappa shape index (κ1) is 8.53. The third-order valence-electron chi connectivity index (χ3n) is 1.85. The highest BCUT2D eigenvalue weighted by Gasteiger charge is 2.01. The first-order valence-corrected chi connectivity index (χ1v) is 4.76. The first-order valence-electron chi connectivity index (χ1n) is 3.88. The van der Waals surface area contributed by atoms with Crippen LogP contribution in [0.25, 0.3) is 0 Å². The van der Waals surface area contributed by atoms with Crippen molar-refractivity contribution in [3.63, 3.8) is 0 Å². The second-order valence-corrected chi connectivity index (χ2v) is 3.69. The van der Waals surface area contributed by atoms with Crippen molar-refractivity contribution in [3.05, 3.63) is 21.2 Å². The van der Waals surface area contributed by atoms with E-state index < -0.39 is 0 Å². The zero-order chi connectivity index (χ0) is 8.27. The summed E-state index contributed by atoms with van der Waals surface area (Å²) in [4.78, 5) is 11.2. The molecule has 0 amide bonds. The Balaban J connectivity index is 2.64. The average Bonchev–Trinajstić information content (AvgIpc) is 2.37. The van der Waals surface area contributed by atoms with Gasteiger partial charge in [0.2, 0.25) is 0 Å². The van der Waals surface area contributed by atoms with Gasteiger partial charge < -0.3 is 4.57 Å². The van der Waals surface area contributed by atoms with E-state index in [9.17, 15) is 4.79 Å². The van der Waals surface area contributed by atoms with E-state index in [1.54, 1.807) is 4.57 Å². The molecule has 0 spiro atoms. The van der Waals surface area contributed by atoms with Crippen LogP contribution < -0.4 is 4.87 Å². The number of hydrogen-bond donors (Lipinski definition) is 0. The molecular weight excluding hydrogens is 158 g/mol. The van der Waals surface area contributed by atoms with Gasteiger partial charge in [-0.3, -0.25) is 4.79 Å². The highest BCUT2D eigenvalue weighted by Crippen LogP contribution is 2.03. The SMILES string of the molecule is CCC(C)Cn1ccsc1=O. The zero-order valence-electron chi connectivity index (χ0n) is 6.91. The zero-order valence-corrected chi connectivity index (χ0v) is 7.73. The van der Waals surface area contributed by atoms with Crippen molar-refractivity contribution in [3.8, 4) is 0 Å². The van der Waals surface area contributed by atoms with Crippen LogP contribution in [0.3, 0.4) is 0 Å². The van der Waals surface area contributed by atoms with Crippen LogP contribution in [0, 0.1) is 5.92 Å². The molecule has 0 saturated carbocycles. The molecule has 1 heterocycles. The summed E-state index contributed by atoms with van der Waals surface area (Å²) in [5.74, 6) is 0.599. The minimum Gasteiger partial charge on any atom is -0.306 e. The second kappa shape index (κ2) is 3.72. The van der Waals surface area contributed by atoms with E-state index in [0.29, 0.717) is 5.92 Å². The lowest BCUT2D eigenvalue weighted by Gasteiger charge is -2.07. The third-order valence-corrected chi connectivity index (χ3v) is 2.54. The molecule has 1 atom stereocenters. The maximum Gasteiger partial charge on any atom is 0.307 e. The maximum atomic E-state index is 11.1. The van der Waals surface area contributed by atoms with Crippen molar-refractivity contribution in [1.29, 1.82) is 0 Å². The van der Waals surface area contributed by atoms with Crippen LogP contribution >= 0.6 is 11.3 Å². The van der Waals surface area contributed by atoms with E-state index in [1.165, 1.54) is 11.3 Å². The lowest BCUT2D eigenvalue weighted by atomic mass is 10.1. The summed E-state index contributed by atoms with van der Waals surface area (Å²) in [7, 11) is 0. The van der Waals surface area contributed by atoms with Crippen molar-refractivity contribution in [2.75, 3.05) is 0 Å². The topological polar surface area (TPSA) is 22.0 Å². The molecule has 62 valence electrons. The number of nitrogens with zero attached hydrogens (tertiary/aromatic N) is 1. The molecule has 0 bridgehead atoms. The van der Waals surface area contributed by atoms with Crippen LogP contribution in [0.5, 0.6) is 0 Å². The van der Waals surface area contributed by atoms with Gasteiger partial charge in [0.1, 0.15) is 0 Å². The van der Waals surface area contributed by atoms with Gasteiger partial charge in [-0.25, -0.2) is 0 Å². The van der Waals surface area contributed by atoms with Crippen LogP contribution in [0.1, 0.15) is 20.3 Å². The van der Waals surface area contributed by atoms with Gasteiger partial charge in [0.15, 0.2) is 0 Å². The molecule has 0 aliphatic carbocycles. The molecule has 1 rings (SSSR count). The fourth-order valence-electron chi connectivity index (χ4n) is 0.891. The third kappa shape index (κ3) is 2.19. The minimum atomic E-state index is 0.158. The Morgan fingerprint density at radius 3 is 2.91 bits per heavy atom. The molecular formula is C8H13NOS. The Morgan fingerprint density at radius 1 is 1.73 bits per heavy atom. The predicted molar refractivity (Wildman–Crippen MR) is 48.0 cm³/mol. The fourth-order valence-corrected chi connectivity index (χ4v) is 1.49. The minimum absolute atomic E-state index is 0.158. The highest BCUT2D eigenvalue weighted by molar-refractivity contribution is 7.07. The van der Waals surface area contributed by atoms with Crippen molar-refractivity contribution in [1.82, 2.24) is 4.57 Å². The van der Waals surface area contributed by atoms with Crippen LogP contribution in [0.4, 0.5) is 0 Å². The van der Waals surface area contributed by atoms with Crippen molar-refractivity contribution >= 4 is 11.3 Å². The van der Waals surface area contributed by atoms with Gasteiger partial charge in [0.05, 0.1) is 0 Å². The number of thiazole rings is 1.